The van der Waals surface area contributed by atoms with Crippen LogP contribution in [-0.4, -0.2) is 40.9 Å². The molecule has 1 atom stereocenters. The van der Waals surface area contributed by atoms with Gasteiger partial charge in [-0.2, -0.15) is 0 Å². The molecule has 1 aliphatic heterocycles. The third-order valence-electron chi connectivity index (χ3n) is 3.63. The number of ketones is 1. The van der Waals surface area contributed by atoms with E-state index in [0.29, 0.717) is 13.0 Å². The van der Waals surface area contributed by atoms with Gasteiger partial charge in [-0.25, -0.2) is 0 Å². The first kappa shape index (κ1) is 13.7. The van der Waals surface area contributed by atoms with Gasteiger partial charge in [0, 0.05) is 24.6 Å². The fourth-order valence-electron chi connectivity index (χ4n) is 2.64. The van der Waals surface area contributed by atoms with Gasteiger partial charge in [0.05, 0.1) is 6.42 Å². The Morgan fingerprint density at radius 3 is 2.68 bits per heavy atom. The van der Waals surface area contributed by atoms with E-state index >= 15 is 0 Å². The quantitative estimate of drug-likeness (QED) is 0.798. The van der Waals surface area contributed by atoms with Gasteiger partial charge in [0.15, 0.2) is 5.78 Å². The first-order chi connectivity index (χ1) is 9.16. The zero-order valence-electron chi connectivity index (χ0n) is 10.9. The summed E-state index contributed by atoms with van der Waals surface area (Å²) in [6.07, 6.45) is 2.59. The highest BCUT2D eigenvalue weighted by Gasteiger charge is 2.26. The number of rotatable bonds is 6. The second kappa shape index (κ2) is 6.48. The molecule has 1 aliphatic rings. The van der Waals surface area contributed by atoms with Crippen molar-refractivity contribution in [2.45, 2.75) is 31.7 Å². The fraction of sp³-hybridized carbons (Fsp3) is 0.467. The summed E-state index contributed by atoms with van der Waals surface area (Å²) in [5.74, 6) is -0.632. The summed E-state index contributed by atoms with van der Waals surface area (Å²) >= 11 is 0. The van der Waals surface area contributed by atoms with Crippen LogP contribution >= 0.6 is 0 Å². The van der Waals surface area contributed by atoms with Crippen LogP contribution in [-0.2, 0) is 4.79 Å². The van der Waals surface area contributed by atoms with Crippen molar-refractivity contribution in [2.24, 2.45) is 0 Å². The van der Waals surface area contributed by atoms with Crippen molar-refractivity contribution in [1.82, 2.24) is 4.90 Å². The van der Waals surface area contributed by atoms with Gasteiger partial charge in [0.25, 0.3) is 0 Å². The monoisotopic (exact) mass is 261 g/mol. The topological polar surface area (TPSA) is 57.6 Å². The normalized spacial score (nSPS) is 19.5. The van der Waals surface area contributed by atoms with Crippen molar-refractivity contribution in [3.05, 3.63) is 35.9 Å². The molecular weight excluding hydrogens is 242 g/mol. The van der Waals surface area contributed by atoms with E-state index in [-0.39, 0.29) is 18.2 Å². The smallest absolute Gasteiger partial charge is 0.304 e. The Kier molecular flexibility index (Phi) is 4.68. The van der Waals surface area contributed by atoms with Crippen molar-refractivity contribution in [3.63, 3.8) is 0 Å². The molecule has 1 heterocycles. The van der Waals surface area contributed by atoms with Crippen molar-refractivity contribution in [1.29, 1.82) is 0 Å². The van der Waals surface area contributed by atoms with Crippen LogP contribution in [0.15, 0.2) is 30.3 Å². The maximum atomic E-state index is 12.0. The van der Waals surface area contributed by atoms with Crippen molar-refractivity contribution >= 4 is 11.8 Å². The minimum Gasteiger partial charge on any atom is -0.481 e. The summed E-state index contributed by atoms with van der Waals surface area (Å²) in [6.45, 7) is 1.56. The van der Waals surface area contributed by atoms with Crippen molar-refractivity contribution in [2.75, 3.05) is 13.1 Å². The number of carboxylic acid groups (broad SMARTS) is 1. The van der Waals surface area contributed by atoms with Gasteiger partial charge in [-0.3, -0.25) is 14.5 Å². The number of likely N-dealkylation sites (tertiary alicyclic amines) is 1. The van der Waals surface area contributed by atoms with Crippen LogP contribution < -0.4 is 0 Å². The standard InChI is InChI=1S/C15H19NO3/c17-14(12-5-2-1-3-6-12)8-10-16-9-4-7-13(16)11-15(18)19/h1-3,5-6,13H,4,7-11H2,(H,18,19). The number of carbonyl (C=O) groups excluding carboxylic acids is 1. The van der Waals surface area contributed by atoms with E-state index in [0.717, 1.165) is 24.9 Å². The molecule has 1 aromatic carbocycles. The first-order valence-electron chi connectivity index (χ1n) is 6.71. The Balaban J connectivity index is 1.85. The molecular formula is C15H19NO3. The van der Waals surface area contributed by atoms with Crippen LogP contribution in [0.25, 0.3) is 0 Å². The Bertz CT molecular complexity index is 444. The zero-order chi connectivity index (χ0) is 13.7. The lowest BCUT2D eigenvalue weighted by atomic mass is 10.1. The van der Waals surface area contributed by atoms with Crippen LogP contribution in [0.5, 0.6) is 0 Å². The van der Waals surface area contributed by atoms with Crippen molar-refractivity contribution < 1.29 is 14.7 Å². The van der Waals surface area contributed by atoms with Gasteiger partial charge in [-0.05, 0) is 19.4 Å². The van der Waals surface area contributed by atoms with Gasteiger partial charge >= 0.3 is 5.97 Å². The number of carbonyl (C=O) groups is 2. The van der Waals surface area contributed by atoms with Gasteiger partial charge in [-0.1, -0.05) is 30.3 Å². The Morgan fingerprint density at radius 2 is 2.00 bits per heavy atom. The lowest BCUT2D eigenvalue weighted by Gasteiger charge is -2.22. The number of carboxylic acids is 1. The summed E-state index contributed by atoms with van der Waals surface area (Å²) in [5.41, 5.74) is 0.733. The van der Waals surface area contributed by atoms with Crippen molar-refractivity contribution in [3.8, 4) is 0 Å². The zero-order valence-corrected chi connectivity index (χ0v) is 10.9. The van der Waals surface area contributed by atoms with E-state index in [1.807, 2.05) is 30.3 Å². The van der Waals surface area contributed by atoms with Crippen LogP contribution in [0.2, 0.25) is 0 Å². The predicted molar refractivity (Wildman–Crippen MR) is 72.2 cm³/mol. The number of hydrogen-bond donors (Lipinski definition) is 1. The van der Waals surface area contributed by atoms with Gasteiger partial charge in [0.2, 0.25) is 0 Å². The molecule has 1 fully saturated rings. The van der Waals surface area contributed by atoms with Gasteiger partial charge in [0.1, 0.15) is 0 Å². The maximum absolute atomic E-state index is 12.0. The summed E-state index contributed by atoms with van der Waals surface area (Å²) in [5, 5.41) is 8.85. The molecule has 1 unspecified atom stereocenters. The average Bonchev–Trinajstić information content (AvgIpc) is 2.83. The van der Waals surface area contributed by atoms with Crippen LogP contribution in [0.3, 0.4) is 0 Å². The Hall–Kier alpha value is -1.68. The largest absolute Gasteiger partial charge is 0.481 e. The fourth-order valence-corrected chi connectivity index (χ4v) is 2.64. The highest BCUT2D eigenvalue weighted by Crippen LogP contribution is 2.20. The summed E-state index contributed by atoms with van der Waals surface area (Å²) in [6, 6.07) is 9.34. The molecule has 2 rings (SSSR count). The number of benzene rings is 1. The third kappa shape index (κ3) is 3.89. The molecule has 0 aromatic heterocycles. The van der Waals surface area contributed by atoms with Gasteiger partial charge in [-0.15, -0.1) is 0 Å². The molecule has 1 aromatic rings. The maximum Gasteiger partial charge on any atom is 0.304 e. The minimum absolute atomic E-state index is 0.0982. The molecule has 0 radical (unpaired) electrons. The van der Waals surface area contributed by atoms with Crippen LogP contribution in [0.4, 0.5) is 0 Å². The Labute approximate surface area is 113 Å². The van der Waals surface area contributed by atoms with E-state index in [4.69, 9.17) is 5.11 Å². The molecule has 1 N–H and O–H groups in total. The van der Waals surface area contributed by atoms with Gasteiger partial charge < -0.3 is 5.11 Å². The SMILES string of the molecule is O=C(O)CC1CCCN1CCC(=O)c1ccccc1. The predicted octanol–water partition coefficient (Wildman–Crippen LogP) is 2.20. The first-order valence-corrected chi connectivity index (χ1v) is 6.71. The minimum atomic E-state index is -0.758. The molecule has 0 amide bonds. The number of Topliss-reactive ketones (excluding diaryl/α,β-unsaturated/α-hetero) is 1. The molecule has 4 nitrogen and oxygen atoms in total. The summed E-state index contributed by atoms with van der Waals surface area (Å²) in [4.78, 5) is 24.9. The number of hydrogen-bond acceptors (Lipinski definition) is 3. The third-order valence-corrected chi connectivity index (χ3v) is 3.63. The molecule has 102 valence electrons. The molecule has 19 heavy (non-hydrogen) atoms. The van der Waals surface area contributed by atoms with Crippen LogP contribution in [0, 0.1) is 0 Å². The second-order valence-corrected chi connectivity index (χ2v) is 4.97. The van der Waals surface area contributed by atoms with E-state index in [2.05, 4.69) is 4.90 Å². The number of nitrogens with zero attached hydrogens (tertiary/aromatic N) is 1. The summed E-state index contributed by atoms with van der Waals surface area (Å²) in [7, 11) is 0. The van der Waals surface area contributed by atoms with E-state index in [1.165, 1.54) is 0 Å². The number of aliphatic carboxylic acids is 1. The molecule has 0 saturated carbocycles. The Morgan fingerprint density at radius 1 is 1.26 bits per heavy atom. The molecule has 0 spiro atoms. The molecule has 0 aliphatic carbocycles. The second-order valence-electron chi connectivity index (χ2n) is 4.97. The molecule has 1 saturated heterocycles. The molecule has 4 heteroatoms. The van der Waals surface area contributed by atoms with E-state index < -0.39 is 5.97 Å². The average molecular weight is 261 g/mol. The lowest BCUT2D eigenvalue weighted by molar-refractivity contribution is -0.138. The van der Waals surface area contributed by atoms with E-state index in [1.54, 1.807) is 0 Å². The molecule has 0 bridgehead atoms. The highest BCUT2D eigenvalue weighted by molar-refractivity contribution is 5.96. The highest BCUT2D eigenvalue weighted by atomic mass is 16.4. The van der Waals surface area contributed by atoms with E-state index in [9.17, 15) is 9.59 Å². The summed E-state index contributed by atoms with van der Waals surface area (Å²) < 4.78 is 0. The van der Waals surface area contributed by atoms with Crippen LogP contribution in [0.1, 0.15) is 36.0 Å². The lowest BCUT2D eigenvalue weighted by Crippen LogP contribution is -2.33.